The lowest BCUT2D eigenvalue weighted by molar-refractivity contribution is -0.175. The number of hydrogen-bond acceptors (Lipinski definition) is 6. The van der Waals surface area contributed by atoms with Crippen molar-refractivity contribution in [2.75, 3.05) is 18.2 Å². The summed E-state index contributed by atoms with van der Waals surface area (Å²) in [6.07, 6.45) is 2.97. The van der Waals surface area contributed by atoms with E-state index in [0.29, 0.717) is 5.56 Å². The van der Waals surface area contributed by atoms with Crippen LogP contribution in [0, 0.1) is 5.41 Å². The monoisotopic (exact) mass is 379 g/mol. The Morgan fingerprint density at radius 1 is 1.42 bits per heavy atom. The molecule has 0 radical (unpaired) electrons. The molecule has 0 aliphatic rings. The van der Waals surface area contributed by atoms with E-state index >= 15 is 0 Å². The Hall–Kier alpha value is -1.22. The maximum atomic E-state index is 11.8. The van der Waals surface area contributed by atoms with Crippen LogP contribution in [0.3, 0.4) is 0 Å². The van der Waals surface area contributed by atoms with Gasteiger partial charge in [0.15, 0.2) is 5.60 Å². The van der Waals surface area contributed by atoms with Gasteiger partial charge in [0, 0.05) is 30.1 Å². The maximum Gasteiger partial charge on any atom is 0.336 e. The van der Waals surface area contributed by atoms with Gasteiger partial charge in [-0.15, -0.1) is 11.6 Å². The first-order chi connectivity index (χ1) is 11.0. The molecule has 0 aliphatic carbocycles. The molecule has 1 aromatic rings. The summed E-state index contributed by atoms with van der Waals surface area (Å²) in [5.74, 6) is -1.55. The number of rotatable bonds is 10. The predicted molar refractivity (Wildman–Crippen MR) is 89.4 cm³/mol. The number of hydrogen-bond donors (Lipinski definition) is 2. The van der Waals surface area contributed by atoms with E-state index in [1.807, 2.05) is 0 Å². The van der Waals surface area contributed by atoms with Crippen LogP contribution in [-0.4, -0.2) is 53.4 Å². The van der Waals surface area contributed by atoms with Gasteiger partial charge in [-0.3, -0.25) is 9.17 Å². The second-order valence-electron chi connectivity index (χ2n) is 6.15. The Balaban J connectivity index is 2.94. The number of alkyl halides is 1. The molecule has 0 bridgehead atoms. The molecule has 1 rings (SSSR count). The molecular weight excluding hydrogens is 358 g/mol. The number of pyridine rings is 1. The minimum absolute atomic E-state index is 0.173. The number of carboxylic acid groups (broad SMARTS) is 1. The largest absolute Gasteiger partial charge is 0.479 e. The molecular formula is C15H22ClNO6S. The number of nitrogens with zero attached hydrogens (tertiary/aromatic N) is 1. The summed E-state index contributed by atoms with van der Waals surface area (Å²) in [6, 6.07) is 3.26. The molecule has 1 heterocycles. The van der Waals surface area contributed by atoms with Crippen LogP contribution in [0.4, 0.5) is 0 Å². The number of carboxylic acids is 1. The molecule has 9 heteroatoms. The van der Waals surface area contributed by atoms with Crippen LogP contribution in [0.15, 0.2) is 24.5 Å². The Morgan fingerprint density at radius 2 is 2.08 bits per heavy atom. The number of aliphatic hydroxyl groups is 1. The van der Waals surface area contributed by atoms with E-state index in [1.54, 1.807) is 12.1 Å². The molecule has 0 fully saturated rings. The van der Waals surface area contributed by atoms with Crippen molar-refractivity contribution in [3.8, 4) is 0 Å². The van der Waals surface area contributed by atoms with Crippen molar-refractivity contribution in [3.63, 3.8) is 0 Å². The van der Waals surface area contributed by atoms with Gasteiger partial charge >= 0.3 is 5.97 Å². The van der Waals surface area contributed by atoms with Crippen molar-refractivity contribution in [1.29, 1.82) is 0 Å². The van der Waals surface area contributed by atoms with Crippen LogP contribution >= 0.6 is 11.6 Å². The van der Waals surface area contributed by atoms with E-state index in [4.69, 9.17) is 15.8 Å². The molecule has 0 saturated carbocycles. The van der Waals surface area contributed by atoms with Gasteiger partial charge in [-0.05, 0) is 18.1 Å². The minimum Gasteiger partial charge on any atom is -0.479 e. The van der Waals surface area contributed by atoms with Gasteiger partial charge in [0.05, 0.1) is 12.4 Å². The third kappa shape index (κ3) is 5.41. The topological polar surface area (TPSA) is 114 Å². The van der Waals surface area contributed by atoms with E-state index in [1.165, 1.54) is 26.2 Å². The van der Waals surface area contributed by atoms with E-state index in [0.717, 1.165) is 0 Å². The van der Waals surface area contributed by atoms with Crippen LogP contribution in [0.5, 0.6) is 0 Å². The van der Waals surface area contributed by atoms with Crippen molar-refractivity contribution in [3.05, 3.63) is 30.1 Å². The number of aromatic nitrogens is 1. The third-order valence-corrected chi connectivity index (χ3v) is 5.32. The van der Waals surface area contributed by atoms with Crippen LogP contribution in [0.1, 0.15) is 25.8 Å². The standard InChI is InChI=1S/C15H22ClNO6S/c1-14(2,11-23-24(21,22)8-4-6-16)15(20,13(18)19)9-12-5-3-7-17-10-12/h3,5,7,10,20H,4,6,8-9,11H2,1-2H3,(H,18,19)/t15-/m0/s1. The highest BCUT2D eigenvalue weighted by Gasteiger charge is 2.51. The lowest BCUT2D eigenvalue weighted by atomic mass is 9.72. The Bertz CT molecular complexity index is 649. The first kappa shape index (κ1) is 20.8. The lowest BCUT2D eigenvalue weighted by Gasteiger charge is -2.38. The van der Waals surface area contributed by atoms with Crippen molar-refractivity contribution in [2.24, 2.45) is 5.41 Å². The average Bonchev–Trinajstić information content (AvgIpc) is 2.52. The maximum absolute atomic E-state index is 11.8. The molecule has 0 aliphatic heterocycles. The molecule has 136 valence electrons. The Labute approximate surface area is 146 Å². The second kappa shape index (κ2) is 8.24. The molecule has 0 unspecified atom stereocenters. The zero-order valence-corrected chi connectivity index (χ0v) is 15.2. The molecule has 1 aromatic heterocycles. The Kier molecular flexibility index (Phi) is 7.15. The fraction of sp³-hybridized carbons (Fsp3) is 0.600. The molecule has 0 saturated heterocycles. The zero-order chi connectivity index (χ0) is 18.4. The molecule has 0 spiro atoms. The van der Waals surface area contributed by atoms with Gasteiger partial charge in [0.2, 0.25) is 0 Å². The summed E-state index contributed by atoms with van der Waals surface area (Å²) in [6.45, 7) is 2.41. The number of carbonyl (C=O) groups is 1. The van der Waals surface area contributed by atoms with E-state index in [9.17, 15) is 23.4 Å². The van der Waals surface area contributed by atoms with Crippen LogP contribution in [0.2, 0.25) is 0 Å². The third-order valence-electron chi connectivity index (χ3n) is 3.78. The van der Waals surface area contributed by atoms with Gasteiger partial charge < -0.3 is 10.2 Å². The zero-order valence-electron chi connectivity index (χ0n) is 13.6. The normalized spacial score (nSPS) is 15.0. The predicted octanol–water partition coefficient (Wildman–Crippen LogP) is 1.44. The molecule has 2 N–H and O–H groups in total. The SMILES string of the molecule is CC(C)(COS(=O)(=O)CCCCl)[C@](O)(Cc1cccnc1)C(=O)O. The van der Waals surface area contributed by atoms with Crippen LogP contribution < -0.4 is 0 Å². The summed E-state index contributed by atoms with van der Waals surface area (Å²) in [7, 11) is -3.84. The summed E-state index contributed by atoms with van der Waals surface area (Å²) in [4.78, 5) is 15.6. The summed E-state index contributed by atoms with van der Waals surface area (Å²) >= 11 is 5.46. The van der Waals surface area contributed by atoms with Crippen molar-refractivity contribution in [2.45, 2.75) is 32.3 Å². The molecule has 1 atom stereocenters. The van der Waals surface area contributed by atoms with Gasteiger partial charge in [-0.1, -0.05) is 19.9 Å². The minimum atomic E-state index is -3.84. The fourth-order valence-electron chi connectivity index (χ4n) is 2.05. The average molecular weight is 380 g/mol. The second-order valence-corrected chi connectivity index (χ2v) is 8.29. The molecule has 0 amide bonds. The van der Waals surface area contributed by atoms with E-state index in [-0.39, 0.29) is 24.5 Å². The number of halogens is 1. The highest BCUT2D eigenvalue weighted by atomic mass is 35.5. The molecule has 24 heavy (non-hydrogen) atoms. The van der Waals surface area contributed by atoms with Crippen LogP contribution in [0.25, 0.3) is 0 Å². The van der Waals surface area contributed by atoms with E-state index < -0.39 is 33.7 Å². The lowest BCUT2D eigenvalue weighted by Crippen LogP contribution is -2.55. The highest BCUT2D eigenvalue weighted by molar-refractivity contribution is 7.86. The van der Waals surface area contributed by atoms with E-state index in [2.05, 4.69) is 4.98 Å². The molecule has 7 nitrogen and oxygen atoms in total. The van der Waals surface area contributed by atoms with Gasteiger partial charge in [-0.25, -0.2) is 4.79 Å². The van der Waals surface area contributed by atoms with Crippen LogP contribution in [-0.2, 0) is 25.5 Å². The highest BCUT2D eigenvalue weighted by Crippen LogP contribution is 2.35. The molecule has 0 aromatic carbocycles. The van der Waals surface area contributed by atoms with Gasteiger partial charge in [-0.2, -0.15) is 8.42 Å². The van der Waals surface area contributed by atoms with Gasteiger partial charge in [0.1, 0.15) is 0 Å². The summed E-state index contributed by atoms with van der Waals surface area (Å²) in [5.41, 5.74) is -3.08. The quantitative estimate of drug-likeness (QED) is 0.467. The first-order valence-electron chi connectivity index (χ1n) is 7.32. The van der Waals surface area contributed by atoms with Crippen molar-refractivity contribution < 1.29 is 27.6 Å². The first-order valence-corrected chi connectivity index (χ1v) is 9.43. The Morgan fingerprint density at radius 3 is 2.58 bits per heavy atom. The summed E-state index contributed by atoms with van der Waals surface area (Å²) in [5, 5.41) is 20.2. The van der Waals surface area contributed by atoms with Gasteiger partial charge in [0.25, 0.3) is 10.1 Å². The fourth-order valence-corrected chi connectivity index (χ4v) is 3.43. The number of aliphatic carboxylic acids is 1. The smallest absolute Gasteiger partial charge is 0.336 e. The van der Waals surface area contributed by atoms with Crippen molar-refractivity contribution in [1.82, 2.24) is 4.98 Å². The van der Waals surface area contributed by atoms with Crippen molar-refractivity contribution >= 4 is 27.7 Å². The summed E-state index contributed by atoms with van der Waals surface area (Å²) < 4.78 is 28.4.